The third kappa shape index (κ3) is 3.12. The standard InChI is InChI=1S/C12H13N3O2S/c1-9(14-7-12-6-13-8-18-12)10-2-4-11(5-3-10)15(16)17/h2-6,8-9,14H,7H2,1H3. The lowest BCUT2D eigenvalue weighted by Gasteiger charge is -2.13. The van der Waals surface area contributed by atoms with Crippen molar-refractivity contribution < 1.29 is 4.92 Å². The number of nitrogens with zero attached hydrogens (tertiary/aromatic N) is 2. The van der Waals surface area contributed by atoms with Crippen LogP contribution in [0.1, 0.15) is 23.4 Å². The third-order valence-electron chi connectivity index (χ3n) is 2.67. The van der Waals surface area contributed by atoms with E-state index in [0.717, 1.165) is 12.1 Å². The Hall–Kier alpha value is -1.79. The van der Waals surface area contributed by atoms with Crippen LogP contribution in [0.15, 0.2) is 36.0 Å². The van der Waals surface area contributed by atoms with Crippen LogP contribution < -0.4 is 5.32 Å². The lowest BCUT2D eigenvalue weighted by atomic mass is 10.1. The predicted molar refractivity (Wildman–Crippen MR) is 70.5 cm³/mol. The highest BCUT2D eigenvalue weighted by atomic mass is 32.1. The summed E-state index contributed by atoms with van der Waals surface area (Å²) >= 11 is 1.60. The highest BCUT2D eigenvalue weighted by Gasteiger charge is 2.08. The fourth-order valence-electron chi connectivity index (χ4n) is 1.59. The molecule has 1 unspecified atom stereocenters. The number of thiazole rings is 1. The summed E-state index contributed by atoms with van der Waals surface area (Å²) in [5, 5.41) is 13.9. The zero-order valence-corrected chi connectivity index (χ0v) is 10.7. The molecule has 1 aromatic carbocycles. The Labute approximate surface area is 109 Å². The van der Waals surface area contributed by atoms with Crippen LogP contribution in [-0.2, 0) is 6.54 Å². The van der Waals surface area contributed by atoms with Gasteiger partial charge in [-0.15, -0.1) is 11.3 Å². The van der Waals surface area contributed by atoms with E-state index in [9.17, 15) is 10.1 Å². The molecule has 0 saturated carbocycles. The Bertz CT molecular complexity index is 511. The van der Waals surface area contributed by atoms with Gasteiger partial charge in [0, 0.05) is 35.8 Å². The summed E-state index contributed by atoms with van der Waals surface area (Å²) in [6.45, 7) is 2.78. The van der Waals surface area contributed by atoms with Crippen LogP contribution in [0.3, 0.4) is 0 Å². The second-order valence-corrected chi connectivity index (χ2v) is 4.89. The summed E-state index contributed by atoms with van der Waals surface area (Å²) in [5.74, 6) is 0. The van der Waals surface area contributed by atoms with Gasteiger partial charge in [0.2, 0.25) is 0 Å². The predicted octanol–water partition coefficient (Wildman–Crippen LogP) is 2.90. The normalized spacial score (nSPS) is 12.3. The number of rotatable bonds is 5. The molecule has 0 fully saturated rings. The van der Waals surface area contributed by atoms with Crippen LogP contribution in [0.4, 0.5) is 5.69 Å². The molecule has 5 nitrogen and oxygen atoms in total. The van der Waals surface area contributed by atoms with Gasteiger partial charge < -0.3 is 5.32 Å². The second kappa shape index (κ2) is 5.70. The number of hydrogen-bond donors (Lipinski definition) is 1. The van der Waals surface area contributed by atoms with Crippen LogP contribution >= 0.6 is 11.3 Å². The molecule has 1 N–H and O–H groups in total. The molecule has 1 heterocycles. The SMILES string of the molecule is CC(NCc1cncs1)c1ccc([N+](=O)[O-])cc1. The van der Waals surface area contributed by atoms with Gasteiger partial charge in [0.1, 0.15) is 0 Å². The van der Waals surface area contributed by atoms with Gasteiger partial charge >= 0.3 is 0 Å². The molecule has 2 aromatic rings. The number of nitro benzene ring substituents is 1. The van der Waals surface area contributed by atoms with Gasteiger partial charge in [-0.05, 0) is 12.5 Å². The Balaban J connectivity index is 1.96. The van der Waals surface area contributed by atoms with Crippen molar-refractivity contribution in [1.29, 1.82) is 0 Å². The minimum atomic E-state index is -0.390. The minimum Gasteiger partial charge on any atom is -0.305 e. The first-order valence-electron chi connectivity index (χ1n) is 5.52. The van der Waals surface area contributed by atoms with Gasteiger partial charge in [-0.25, -0.2) is 0 Å². The van der Waals surface area contributed by atoms with Crippen LogP contribution in [-0.4, -0.2) is 9.91 Å². The molecule has 1 atom stereocenters. The number of benzene rings is 1. The maximum Gasteiger partial charge on any atom is 0.269 e. The van der Waals surface area contributed by atoms with E-state index in [2.05, 4.69) is 10.3 Å². The van der Waals surface area contributed by atoms with Gasteiger partial charge in [-0.2, -0.15) is 0 Å². The first kappa shape index (κ1) is 12.7. The summed E-state index contributed by atoms with van der Waals surface area (Å²) in [4.78, 5) is 15.3. The molecular weight excluding hydrogens is 250 g/mol. The number of non-ortho nitro benzene ring substituents is 1. The lowest BCUT2D eigenvalue weighted by molar-refractivity contribution is -0.384. The van der Waals surface area contributed by atoms with Crippen molar-refractivity contribution >= 4 is 17.0 Å². The number of aromatic nitrogens is 1. The Kier molecular flexibility index (Phi) is 4.01. The first-order valence-corrected chi connectivity index (χ1v) is 6.40. The zero-order chi connectivity index (χ0) is 13.0. The van der Waals surface area contributed by atoms with Crippen molar-refractivity contribution in [2.75, 3.05) is 0 Å². The second-order valence-electron chi connectivity index (χ2n) is 3.92. The molecule has 18 heavy (non-hydrogen) atoms. The Morgan fingerprint density at radius 2 is 2.17 bits per heavy atom. The molecule has 2 rings (SSSR count). The zero-order valence-electron chi connectivity index (χ0n) is 9.87. The first-order chi connectivity index (χ1) is 8.66. The number of nitro groups is 1. The van der Waals surface area contributed by atoms with Crippen molar-refractivity contribution in [3.8, 4) is 0 Å². The molecule has 6 heteroatoms. The van der Waals surface area contributed by atoms with Crippen molar-refractivity contribution in [3.63, 3.8) is 0 Å². The Morgan fingerprint density at radius 1 is 1.44 bits per heavy atom. The average Bonchev–Trinajstić information content (AvgIpc) is 2.89. The Morgan fingerprint density at radius 3 is 2.72 bits per heavy atom. The maximum absolute atomic E-state index is 10.5. The van der Waals surface area contributed by atoms with Crippen molar-refractivity contribution in [1.82, 2.24) is 10.3 Å². The summed E-state index contributed by atoms with van der Waals surface area (Å²) < 4.78 is 0. The third-order valence-corrected chi connectivity index (χ3v) is 3.45. The smallest absolute Gasteiger partial charge is 0.269 e. The summed E-state index contributed by atoms with van der Waals surface area (Å²) in [6.07, 6.45) is 1.83. The molecule has 0 aliphatic carbocycles. The fourth-order valence-corrected chi connectivity index (χ4v) is 2.13. The van der Waals surface area contributed by atoms with Gasteiger partial charge in [0.05, 0.1) is 10.4 Å². The van der Waals surface area contributed by atoms with Crippen molar-refractivity contribution in [3.05, 3.63) is 56.5 Å². The van der Waals surface area contributed by atoms with Crippen LogP contribution in [0.5, 0.6) is 0 Å². The summed E-state index contributed by atoms with van der Waals surface area (Å²) in [5.41, 5.74) is 2.95. The van der Waals surface area contributed by atoms with E-state index >= 15 is 0 Å². The van der Waals surface area contributed by atoms with Crippen molar-refractivity contribution in [2.45, 2.75) is 19.5 Å². The average molecular weight is 263 g/mol. The summed E-state index contributed by atoms with van der Waals surface area (Å²) in [6, 6.07) is 6.76. The molecule has 1 aromatic heterocycles. The molecule has 0 saturated heterocycles. The minimum absolute atomic E-state index is 0.119. The molecule has 0 amide bonds. The van der Waals surface area contributed by atoms with E-state index in [1.165, 1.54) is 17.0 Å². The molecule has 0 spiro atoms. The van der Waals surface area contributed by atoms with Crippen LogP contribution in [0.2, 0.25) is 0 Å². The highest BCUT2D eigenvalue weighted by Crippen LogP contribution is 2.18. The molecule has 0 aliphatic rings. The topological polar surface area (TPSA) is 68.1 Å². The molecular formula is C12H13N3O2S. The van der Waals surface area contributed by atoms with E-state index in [-0.39, 0.29) is 16.7 Å². The van der Waals surface area contributed by atoms with Crippen LogP contribution in [0, 0.1) is 10.1 Å². The van der Waals surface area contributed by atoms with E-state index in [4.69, 9.17) is 0 Å². The molecule has 0 radical (unpaired) electrons. The van der Waals surface area contributed by atoms with Gasteiger partial charge in [0.15, 0.2) is 0 Å². The van der Waals surface area contributed by atoms with Gasteiger partial charge in [-0.3, -0.25) is 15.1 Å². The monoisotopic (exact) mass is 263 g/mol. The van der Waals surface area contributed by atoms with E-state index in [1.54, 1.807) is 29.0 Å². The van der Waals surface area contributed by atoms with Crippen LogP contribution in [0.25, 0.3) is 0 Å². The largest absolute Gasteiger partial charge is 0.305 e. The van der Waals surface area contributed by atoms with Gasteiger partial charge in [0.25, 0.3) is 5.69 Å². The van der Waals surface area contributed by atoms with Crippen molar-refractivity contribution in [2.24, 2.45) is 0 Å². The number of nitrogens with one attached hydrogen (secondary N) is 1. The van der Waals surface area contributed by atoms with E-state index in [1.807, 2.05) is 13.1 Å². The van der Waals surface area contributed by atoms with E-state index in [0.29, 0.717) is 0 Å². The molecule has 0 bridgehead atoms. The molecule has 94 valence electrons. The highest BCUT2D eigenvalue weighted by molar-refractivity contribution is 7.09. The fraction of sp³-hybridized carbons (Fsp3) is 0.250. The maximum atomic E-state index is 10.5. The quantitative estimate of drug-likeness (QED) is 0.665. The molecule has 0 aliphatic heterocycles. The lowest BCUT2D eigenvalue weighted by Crippen LogP contribution is -2.17. The number of hydrogen-bond acceptors (Lipinski definition) is 5. The van der Waals surface area contributed by atoms with E-state index < -0.39 is 0 Å². The summed E-state index contributed by atoms with van der Waals surface area (Å²) in [7, 11) is 0. The van der Waals surface area contributed by atoms with Gasteiger partial charge in [-0.1, -0.05) is 12.1 Å².